The van der Waals surface area contributed by atoms with Gasteiger partial charge in [-0.1, -0.05) is 53.0 Å². The predicted octanol–water partition coefficient (Wildman–Crippen LogP) is 6.42. The van der Waals surface area contributed by atoms with Crippen LogP contribution in [-0.2, 0) is 6.54 Å². The van der Waals surface area contributed by atoms with E-state index in [9.17, 15) is 0 Å². The fourth-order valence-electron chi connectivity index (χ4n) is 4.99. The van der Waals surface area contributed by atoms with Crippen LogP contribution in [0.1, 0.15) is 30.9 Å². The minimum absolute atomic E-state index is 0.462. The Kier molecular flexibility index (Phi) is 6.77. The molecule has 2 fully saturated rings. The van der Waals surface area contributed by atoms with Crippen molar-refractivity contribution in [2.45, 2.75) is 37.9 Å². The summed E-state index contributed by atoms with van der Waals surface area (Å²) in [5, 5.41) is 6.79. The molecule has 2 heterocycles. The van der Waals surface area contributed by atoms with Gasteiger partial charge < -0.3 is 0 Å². The predicted molar refractivity (Wildman–Crippen MR) is 133 cm³/mol. The molecule has 3 aromatic rings. The smallest absolute Gasteiger partial charge is 0.0923 e. The average Bonchev–Trinajstić information content (AvgIpc) is 3.48. The summed E-state index contributed by atoms with van der Waals surface area (Å²) in [5.74, 6) is 0. The molecule has 0 bridgehead atoms. The van der Waals surface area contributed by atoms with Crippen LogP contribution in [0.25, 0.3) is 11.3 Å². The molecule has 1 aromatic heterocycles. The fraction of sp³-hybridized carbons (Fsp3) is 0.400. The van der Waals surface area contributed by atoms with Crippen LogP contribution in [0.15, 0.2) is 54.7 Å². The Hall–Kier alpha value is -1.56. The van der Waals surface area contributed by atoms with Crippen molar-refractivity contribution in [1.29, 1.82) is 0 Å². The summed E-state index contributed by atoms with van der Waals surface area (Å²) < 4.78 is 2.15. The summed E-state index contributed by atoms with van der Waals surface area (Å²) in [4.78, 5) is 5.23. The van der Waals surface area contributed by atoms with Crippen molar-refractivity contribution in [3.8, 4) is 11.3 Å². The van der Waals surface area contributed by atoms with E-state index in [1.54, 1.807) is 0 Å². The maximum atomic E-state index is 6.18. The van der Waals surface area contributed by atoms with Gasteiger partial charge in [0.05, 0.1) is 21.8 Å². The lowest BCUT2D eigenvalue weighted by Gasteiger charge is -2.38. The van der Waals surface area contributed by atoms with Crippen molar-refractivity contribution in [2.75, 3.05) is 26.2 Å². The highest BCUT2D eigenvalue weighted by molar-refractivity contribution is 6.42. The molecule has 2 atom stereocenters. The maximum Gasteiger partial charge on any atom is 0.0923 e. The second-order valence-electron chi connectivity index (χ2n) is 8.87. The first-order valence-electron chi connectivity index (χ1n) is 11.3. The Morgan fingerprint density at radius 1 is 0.812 bits per heavy atom. The van der Waals surface area contributed by atoms with Gasteiger partial charge in [-0.2, -0.15) is 5.10 Å². The van der Waals surface area contributed by atoms with E-state index in [-0.39, 0.29) is 0 Å². The molecule has 0 unspecified atom stereocenters. The van der Waals surface area contributed by atoms with Crippen molar-refractivity contribution in [2.24, 2.45) is 0 Å². The molecule has 168 valence electrons. The molecular weight excluding hydrogens is 463 g/mol. The van der Waals surface area contributed by atoms with E-state index in [0.717, 1.165) is 49.0 Å². The molecule has 1 aliphatic heterocycles. The molecule has 0 radical (unpaired) electrons. The Labute approximate surface area is 204 Å². The lowest BCUT2D eigenvalue weighted by molar-refractivity contribution is 0.0920. The summed E-state index contributed by atoms with van der Waals surface area (Å²) >= 11 is 18.2. The van der Waals surface area contributed by atoms with Crippen molar-refractivity contribution in [1.82, 2.24) is 19.6 Å². The third-order valence-electron chi connectivity index (χ3n) is 6.82. The maximum absolute atomic E-state index is 6.18. The number of piperazine rings is 1. The Morgan fingerprint density at radius 2 is 1.56 bits per heavy atom. The normalized spacial score (nSPS) is 22.5. The minimum atomic E-state index is 0.462. The van der Waals surface area contributed by atoms with Crippen molar-refractivity contribution in [3.63, 3.8) is 0 Å². The minimum Gasteiger partial charge on any atom is -0.298 e. The number of benzene rings is 2. The lowest BCUT2D eigenvalue weighted by atomic mass is 10.1. The summed E-state index contributed by atoms with van der Waals surface area (Å²) in [6.07, 6.45) is 5.69. The van der Waals surface area contributed by atoms with Crippen LogP contribution in [0.2, 0.25) is 15.1 Å². The van der Waals surface area contributed by atoms with Gasteiger partial charge in [-0.3, -0.25) is 14.5 Å². The molecule has 2 aliphatic rings. The van der Waals surface area contributed by atoms with Gasteiger partial charge in [-0.25, -0.2) is 0 Å². The fourth-order valence-corrected chi connectivity index (χ4v) is 5.42. The number of hydrogen-bond donors (Lipinski definition) is 0. The van der Waals surface area contributed by atoms with Gasteiger partial charge in [0.1, 0.15) is 0 Å². The SMILES string of the molecule is Clc1ccc(CN2CCN([C@H]3CC[C@H](n4ccc(-c5ccc(Cl)c(Cl)c5)n4)C3)CC2)cc1. The molecule has 4 nitrogen and oxygen atoms in total. The van der Waals surface area contributed by atoms with Crippen LogP contribution in [0.3, 0.4) is 0 Å². The molecule has 1 saturated heterocycles. The summed E-state index contributed by atoms with van der Waals surface area (Å²) in [6, 6.07) is 17.1. The highest BCUT2D eigenvalue weighted by Crippen LogP contribution is 2.34. The zero-order chi connectivity index (χ0) is 22.1. The van der Waals surface area contributed by atoms with Crippen LogP contribution < -0.4 is 0 Å². The second kappa shape index (κ2) is 9.74. The Bertz CT molecular complexity index is 1060. The first-order chi connectivity index (χ1) is 15.5. The van der Waals surface area contributed by atoms with Crippen LogP contribution in [0.4, 0.5) is 0 Å². The van der Waals surface area contributed by atoms with Crippen molar-refractivity contribution >= 4 is 34.8 Å². The van der Waals surface area contributed by atoms with Crippen molar-refractivity contribution in [3.05, 3.63) is 75.4 Å². The first-order valence-corrected chi connectivity index (χ1v) is 12.4. The monoisotopic (exact) mass is 488 g/mol. The molecule has 0 spiro atoms. The molecule has 7 heteroatoms. The van der Waals surface area contributed by atoms with E-state index in [0.29, 0.717) is 22.1 Å². The van der Waals surface area contributed by atoms with Gasteiger partial charge in [-0.15, -0.1) is 0 Å². The van der Waals surface area contributed by atoms with Crippen molar-refractivity contribution < 1.29 is 0 Å². The molecule has 32 heavy (non-hydrogen) atoms. The van der Waals surface area contributed by atoms with Crippen LogP contribution in [0, 0.1) is 0 Å². The van der Waals surface area contributed by atoms with Gasteiger partial charge in [0.15, 0.2) is 0 Å². The van der Waals surface area contributed by atoms with Gasteiger partial charge in [-0.05, 0) is 55.2 Å². The van der Waals surface area contributed by atoms with Gasteiger partial charge in [0, 0.05) is 55.5 Å². The Morgan fingerprint density at radius 3 is 2.31 bits per heavy atom. The zero-order valence-corrected chi connectivity index (χ0v) is 20.2. The average molecular weight is 490 g/mol. The molecule has 1 saturated carbocycles. The molecule has 1 aliphatic carbocycles. The quantitative estimate of drug-likeness (QED) is 0.413. The van der Waals surface area contributed by atoms with E-state index in [1.165, 1.54) is 24.8 Å². The number of rotatable bonds is 5. The molecular formula is C25H27Cl3N4. The van der Waals surface area contributed by atoms with Crippen LogP contribution in [0.5, 0.6) is 0 Å². The van der Waals surface area contributed by atoms with Gasteiger partial charge in [0.2, 0.25) is 0 Å². The third kappa shape index (κ3) is 5.00. The second-order valence-corrected chi connectivity index (χ2v) is 10.1. The number of halogens is 3. The molecule has 2 aromatic carbocycles. The highest BCUT2D eigenvalue weighted by Gasteiger charge is 2.32. The zero-order valence-electron chi connectivity index (χ0n) is 17.9. The van der Waals surface area contributed by atoms with Crippen LogP contribution >= 0.6 is 34.8 Å². The van der Waals surface area contributed by atoms with E-state index in [2.05, 4.69) is 38.9 Å². The van der Waals surface area contributed by atoms with E-state index in [1.807, 2.05) is 30.3 Å². The summed E-state index contributed by atoms with van der Waals surface area (Å²) in [7, 11) is 0. The number of nitrogens with zero attached hydrogens (tertiary/aromatic N) is 4. The van der Waals surface area contributed by atoms with E-state index < -0.39 is 0 Å². The third-order valence-corrected chi connectivity index (χ3v) is 7.81. The standard InChI is InChI=1S/C25H27Cl3N4/c26-20-4-1-18(2-5-20)17-30-11-13-31(14-12-30)21-6-7-22(16-21)32-10-9-25(29-32)19-3-8-23(27)24(28)15-19/h1-5,8-10,15,21-22H,6-7,11-14,16-17H2/t21-,22-/m0/s1. The van der Waals surface area contributed by atoms with Crippen LogP contribution in [-0.4, -0.2) is 51.8 Å². The first kappa shape index (κ1) is 22.2. The summed E-state index contributed by atoms with van der Waals surface area (Å²) in [6.45, 7) is 5.51. The Balaban J connectivity index is 1.15. The van der Waals surface area contributed by atoms with Gasteiger partial charge >= 0.3 is 0 Å². The molecule has 0 amide bonds. The molecule has 0 N–H and O–H groups in total. The highest BCUT2D eigenvalue weighted by atomic mass is 35.5. The topological polar surface area (TPSA) is 24.3 Å². The summed E-state index contributed by atoms with van der Waals surface area (Å²) in [5.41, 5.74) is 3.28. The number of hydrogen-bond acceptors (Lipinski definition) is 3. The largest absolute Gasteiger partial charge is 0.298 e. The molecule has 5 rings (SSSR count). The lowest BCUT2D eigenvalue weighted by Crippen LogP contribution is -2.49. The van der Waals surface area contributed by atoms with Gasteiger partial charge in [0.25, 0.3) is 0 Å². The van der Waals surface area contributed by atoms with E-state index >= 15 is 0 Å². The number of aromatic nitrogens is 2. The van der Waals surface area contributed by atoms with E-state index in [4.69, 9.17) is 39.9 Å².